The summed E-state index contributed by atoms with van der Waals surface area (Å²) in [5.41, 5.74) is 2.61. The van der Waals surface area contributed by atoms with E-state index in [9.17, 15) is 10.1 Å². The molecule has 3 rings (SSSR count). The molecule has 0 radical (unpaired) electrons. The summed E-state index contributed by atoms with van der Waals surface area (Å²) < 4.78 is 10.4. The van der Waals surface area contributed by atoms with Crippen molar-refractivity contribution < 1.29 is 14.3 Å². The molecule has 0 saturated carbocycles. The molecule has 0 N–H and O–H groups in total. The van der Waals surface area contributed by atoms with Gasteiger partial charge >= 0.3 is 5.97 Å². The number of hydrogen-bond acceptors (Lipinski definition) is 6. The van der Waals surface area contributed by atoms with Gasteiger partial charge in [-0.3, -0.25) is 0 Å². The van der Waals surface area contributed by atoms with Gasteiger partial charge in [-0.15, -0.1) is 11.3 Å². The molecule has 130 valence electrons. The molecule has 6 heteroatoms. The maximum absolute atomic E-state index is 11.6. The van der Waals surface area contributed by atoms with Crippen molar-refractivity contribution in [3.63, 3.8) is 0 Å². The highest BCUT2D eigenvalue weighted by Crippen LogP contribution is 2.35. The normalized spacial score (nSPS) is 10.2. The predicted octanol–water partition coefficient (Wildman–Crippen LogP) is 4.29. The van der Waals surface area contributed by atoms with Crippen molar-refractivity contribution in [1.82, 2.24) is 4.98 Å². The van der Waals surface area contributed by atoms with Crippen molar-refractivity contribution in [2.24, 2.45) is 0 Å². The summed E-state index contributed by atoms with van der Waals surface area (Å²) in [6, 6.07) is 17.5. The van der Waals surface area contributed by atoms with E-state index in [-0.39, 0.29) is 19.1 Å². The third-order valence-corrected chi connectivity index (χ3v) is 4.49. The van der Waals surface area contributed by atoms with Crippen LogP contribution in [0.1, 0.15) is 12.5 Å². The highest BCUT2D eigenvalue weighted by molar-refractivity contribution is 7.13. The molecule has 0 aliphatic rings. The fourth-order valence-electron chi connectivity index (χ4n) is 2.45. The Labute approximate surface area is 155 Å². The number of carbonyl (C=O) groups excluding carboxylic acids is 1. The average Bonchev–Trinajstić information content (AvgIpc) is 3.21. The number of rotatable bonds is 6. The SMILES string of the molecule is CCOC(=O)COc1nc(-c2ccccc2)cc(-c2cccs2)c1C#N. The molecule has 1 aromatic carbocycles. The van der Waals surface area contributed by atoms with Crippen molar-refractivity contribution in [2.45, 2.75) is 6.92 Å². The molecule has 3 aromatic rings. The fourth-order valence-corrected chi connectivity index (χ4v) is 3.20. The zero-order chi connectivity index (χ0) is 18.4. The van der Waals surface area contributed by atoms with Gasteiger partial charge < -0.3 is 9.47 Å². The Bertz CT molecular complexity index is 932. The number of thiophene rings is 1. The monoisotopic (exact) mass is 364 g/mol. The second kappa shape index (κ2) is 8.28. The minimum atomic E-state index is -0.499. The summed E-state index contributed by atoms with van der Waals surface area (Å²) in [5.74, 6) is -0.369. The molecule has 26 heavy (non-hydrogen) atoms. The first-order chi connectivity index (χ1) is 12.7. The number of nitrogens with zero attached hydrogens (tertiary/aromatic N) is 2. The summed E-state index contributed by atoms with van der Waals surface area (Å²) in [6.45, 7) is 1.70. The third kappa shape index (κ3) is 3.90. The van der Waals surface area contributed by atoms with Crippen LogP contribution in [0.3, 0.4) is 0 Å². The van der Waals surface area contributed by atoms with Crippen LogP contribution < -0.4 is 4.74 Å². The highest BCUT2D eigenvalue weighted by atomic mass is 32.1. The zero-order valence-corrected chi connectivity index (χ0v) is 15.0. The van der Waals surface area contributed by atoms with E-state index in [0.717, 1.165) is 16.0 Å². The Kier molecular flexibility index (Phi) is 5.62. The molecular weight excluding hydrogens is 348 g/mol. The van der Waals surface area contributed by atoms with E-state index in [1.165, 1.54) is 11.3 Å². The van der Waals surface area contributed by atoms with Crippen molar-refractivity contribution in [1.29, 1.82) is 5.26 Å². The van der Waals surface area contributed by atoms with Gasteiger partial charge in [0.25, 0.3) is 0 Å². The Morgan fingerprint density at radius 1 is 1.23 bits per heavy atom. The van der Waals surface area contributed by atoms with Crippen LogP contribution >= 0.6 is 11.3 Å². The van der Waals surface area contributed by atoms with Crippen LogP contribution in [0.15, 0.2) is 53.9 Å². The first kappa shape index (κ1) is 17.6. The van der Waals surface area contributed by atoms with Crippen LogP contribution in [0, 0.1) is 11.3 Å². The number of pyridine rings is 1. The van der Waals surface area contributed by atoms with Gasteiger partial charge in [-0.1, -0.05) is 36.4 Å². The van der Waals surface area contributed by atoms with Crippen molar-refractivity contribution in [2.75, 3.05) is 13.2 Å². The van der Waals surface area contributed by atoms with E-state index >= 15 is 0 Å². The van der Waals surface area contributed by atoms with Gasteiger partial charge in [-0.2, -0.15) is 5.26 Å². The van der Waals surface area contributed by atoms with E-state index < -0.39 is 5.97 Å². The third-order valence-electron chi connectivity index (χ3n) is 3.59. The molecule has 0 aliphatic heterocycles. The average molecular weight is 364 g/mol. The Balaban J connectivity index is 2.07. The van der Waals surface area contributed by atoms with Crippen molar-refractivity contribution in [3.05, 3.63) is 59.5 Å². The lowest BCUT2D eigenvalue weighted by Crippen LogP contribution is -2.16. The second-order valence-electron chi connectivity index (χ2n) is 5.28. The molecule has 0 fully saturated rings. The largest absolute Gasteiger partial charge is 0.465 e. The number of nitriles is 1. The lowest BCUT2D eigenvalue weighted by atomic mass is 10.0. The molecule has 0 bridgehead atoms. The maximum Gasteiger partial charge on any atom is 0.344 e. The first-order valence-electron chi connectivity index (χ1n) is 8.05. The van der Waals surface area contributed by atoms with Crippen LogP contribution in [0.25, 0.3) is 21.7 Å². The summed E-state index contributed by atoms with van der Waals surface area (Å²) in [5, 5.41) is 11.6. The van der Waals surface area contributed by atoms with Crippen LogP contribution in [0.4, 0.5) is 0 Å². The smallest absolute Gasteiger partial charge is 0.344 e. The molecule has 0 saturated heterocycles. The van der Waals surface area contributed by atoms with Gasteiger partial charge in [0.1, 0.15) is 11.6 Å². The number of aromatic nitrogens is 1. The number of ether oxygens (including phenoxy) is 2. The number of benzene rings is 1. The summed E-state index contributed by atoms with van der Waals surface area (Å²) in [7, 11) is 0. The number of hydrogen-bond donors (Lipinski definition) is 0. The van der Waals surface area contributed by atoms with Gasteiger partial charge in [0.2, 0.25) is 5.88 Å². The topological polar surface area (TPSA) is 72.2 Å². The van der Waals surface area contributed by atoms with Gasteiger partial charge in [0.05, 0.1) is 12.3 Å². The lowest BCUT2D eigenvalue weighted by molar-refractivity contribution is -0.145. The number of esters is 1. The van der Waals surface area contributed by atoms with E-state index in [1.807, 2.05) is 53.9 Å². The molecule has 0 amide bonds. The molecule has 0 aliphatic carbocycles. The van der Waals surface area contributed by atoms with Gasteiger partial charge in [0, 0.05) is 16.0 Å². The Morgan fingerprint density at radius 2 is 2.04 bits per heavy atom. The lowest BCUT2D eigenvalue weighted by Gasteiger charge is -2.12. The zero-order valence-electron chi connectivity index (χ0n) is 14.1. The minimum Gasteiger partial charge on any atom is -0.465 e. The Hall–Kier alpha value is -3.17. The molecule has 0 atom stereocenters. The Morgan fingerprint density at radius 3 is 2.69 bits per heavy atom. The number of carbonyl (C=O) groups is 1. The van der Waals surface area contributed by atoms with Crippen molar-refractivity contribution >= 4 is 17.3 Å². The van der Waals surface area contributed by atoms with E-state index in [4.69, 9.17) is 9.47 Å². The highest BCUT2D eigenvalue weighted by Gasteiger charge is 2.18. The first-order valence-corrected chi connectivity index (χ1v) is 8.93. The van der Waals surface area contributed by atoms with E-state index in [1.54, 1.807) is 6.92 Å². The summed E-state index contributed by atoms with van der Waals surface area (Å²) in [4.78, 5) is 17.0. The quantitative estimate of drug-likeness (QED) is 0.610. The summed E-state index contributed by atoms with van der Waals surface area (Å²) >= 11 is 1.52. The summed E-state index contributed by atoms with van der Waals surface area (Å²) in [6.07, 6.45) is 0. The van der Waals surface area contributed by atoms with Gasteiger partial charge in [-0.25, -0.2) is 9.78 Å². The minimum absolute atomic E-state index is 0.130. The van der Waals surface area contributed by atoms with Crippen LogP contribution in [0.5, 0.6) is 5.88 Å². The standard InChI is InChI=1S/C20H16N2O3S/c1-2-24-19(23)13-25-20-16(12-21)15(18-9-6-10-26-18)11-17(22-20)14-7-4-3-5-8-14/h3-11H,2,13H2,1H3. The molecule has 0 spiro atoms. The van der Waals surface area contributed by atoms with Gasteiger partial charge in [-0.05, 0) is 24.4 Å². The second-order valence-corrected chi connectivity index (χ2v) is 6.23. The molecule has 2 heterocycles. The molecule has 2 aromatic heterocycles. The van der Waals surface area contributed by atoms with Crippen molar-refractivity contribution in [3.8, 4) is 33.6 Å². The van der Waals surface area contributed by atoms with E-state index in [0.29, 0.717) is 11.3 Å². The maximum atomic E-state index is 11.6. The van der Waals surface area contributed by atoms with Crippen LogP contribution in [-0.2, 0) is 9.53 Å². The molecule has 0 unspecified atom stereocenters. The van der Waals surface area contributed by atoms with Crippen LogP contribution in [0.2, 0.25) is 0 Å². The molecule has 5 nitrogen and oxygen atoms in total. The molecular formula is C20H16N2O3S. The van der Waals surface area contributed by atoms with E-state index in [2.05, 4.69) is 11.1 Å². The van der Waals surface area contributed by atoms with Gasteiger partial charge in [0.15, 0.2) is 6.61 Å². The van der Waals surface area contributed by atoms with Crippen LogP contribution in [-0.4, -0.2) is 24.2 Å². The fraction of sp³-hybridized carbons (Fsp3) is 0.150. The predicted molar refractivity (Wildman–Crippen MR) is 99.8 cm³/mol.